The van der Waals surface area contributed by atoms with Gasteiger partial charge < -0.3 is 10.2 Å². The van der Waals surface area contributed by atoms with Gasteiger partial charge >= 0.3 is 0 Å². The molecule has 0 radical (unpaired) electrons. The van der Waals surface area contributed by atoms with E-state index in [1.165, 1.54) is 78.0 Å². The Morgan fingerprint density at radius 2 is 1.12 bits per heavy atom. The Kier molecular flexibility index (Phi) is 10.7. The van der Waals surface area contributed by atoms with Crippen LogP contribution in [-0.2, 0) is 0 Å². The molecule has 2 fully saturated rings. The molecule has 0 aliphatic carbocycles. The Morgan fingerprint density at radius 3 is 1.65 bits per heavy atom. The molecule has 0 atom stereocenters. The van der Waals surface area contributed by atoms with Crippen molar-refractivity contribution in [3.8, 4) is 0 Å². The van der Waals surface area contributed by atoms with E-state index >= 15 is 0 Å². The first kappa shape index (κ1) is 17.5. The predicted octanol–water partition coefficient (Wildman–Crippen LogP) is 1.61. The van der Waals surface area contributed by atoms with Crippen LogP contribution in [-0.4, -0.2) is 62.2 Å². The molecule has 2 rings (SSSR count). The molecule has 3 nitrogen and oxygen atoms in total. The van der Waals surface area contributed by atoms with Crippen LogP contribution in [0, 0.1) is 0 Å². The Morgan fingerprint density at radius 1 is 0.647 bits per heavy atom. The van der Waals surface area contributed by atoms with Gasteiger partial charge in [-0.05, 0) is 25.9 Å². The van der Waals surface area contributed by atoms with Gasteiger partial charge in [-0.15, -0.1) is 24.8 Å². The van der Waals surface area contributed by atoms with Crippen molar-refractivity contribution < 1.29 is 0 Å². The monoisotopic (exact) mass is 283 g/mol. The van der Waals surface area contributed by atoms with E-state index in [1.54, 1.807) is 0 Å². The minimum Gasteiger partial charge on any atom is -0.314 e. The Bertz CT molecular complexity index is 167. The molecule has 0 aromatic rings. The maximum Gasteiger partial charge on any atom is 0.0110 e. The van der Waals surface area contributed by atoms with Gasteiger partial charge in [-0.3, -0.25) is 4.90 Å². The normalized spacial score (nSPS) is 23.3. The second kappa shape index (κ2) is 10.4. The number of nitrogens with one attached hydrogen (secondary N) is 1. The van der Waals surface area contributed by atoms with E-state index in [-0.39, 0.29) is 24.8 Å². The third kappa shape index (κ3) is 6.82. The molecule has 0 spiro atoms. The van der Waals surface area contributed by atoms with Crippen molar-refractivity contribution in [3.05, 3.63) is 0 Å². The largest absolute Gasteiger partial charge is 0.314 e. The molecule has 0 amide bonds. The van der Waals surface area contributed by atoms with E-state index in [2.05, 4.69) is 15.1 Å². The lowest BCUT2D eigenvalue weighted by molar-refractivity contribution is 0.191. The molecule has 5 heteroatoms. The van der Waals surface area contributed by atoms with E-state index in [0.717, 1.165) is 0 Å². The Balaban J connectivity index is 0.00000128. The fourth-order valence-electron chi connectivity index (χ4n) is 2.58. The molecule has 0 aromatic heterocycles. The van der Waals surface area contributed by atoms with Gasteiger partial charge in [-0.1, -0.05) is 12.8 Å². The number of piperazine rings is 1. The standard InChI is InChI=1S/C12H25N3.2ClH/c1-2-4-8-14(7-3-1)11-12-15-9-5-13-6-10-15;;/h13H,1-12H2;2*1H. The zero-order valence-electron chi connectivity index (χ0n) is 10.7. The van der Waals surface area contributed by atoms with Gasteiger partial charge in [-0.25, -0.2) is 0 Å². The molecule has 104 valence electrons. The van der Waals surface area contributed by atoms with Gasteiger partial charge in [0.25, 0.3) is 0 Å². The molecule has 2 aliphatic heterocycles. The summed E-state index contributed by atoms with van der Waals surface area (Å²) in [6.07, 6.45) is 5.73. The van der Waals surface area contributed by atoms with Crippen molar-refractivity contribution >= 4 is 24.8 Å². The smallest absolute Gasteiger partial charge is 0.0110 e. The van der Waals surface area contributed by atoms with E-state index in [4.69, 9.17) is 0 Å². The van der Waals surface area contributed by atoms with Crippen LogP contribution in [0.25, 0.3) is 0 Å². The van der Waals surface area contributed by atoms with Gasteiger partial charge in [0.2, 0.25) is 0 Å². The molecule has 0 aromatic carbocycles. The molecule has 2 saturated heterocycles. The van der Waals surface area contributed by atoms with Gasteiger partial charge in [-0.2, -0.15) is 0 Å². The third-order valence-corrected chi connectivity index (χ3v) is 3.64. The second-order valence-corrected chi connectivity index (χ2v) is 4.85. The molecular weight excluding hydrogens is 257 g/mol. The Hall–Kier alpha value is 0.460. The molecule has 1 N–H and O–H groups in total. The summed E-state index contributed by atoms with van der Waals surface area (Å²) < 4.78 is 0. The van der Waals surface area contributed by atoms with Crippen molar-refractivity contribution in [1.29, 1.82) is 0 Å². The summed E-state index contributed by atoms with van der Waals surface area (Å²) in [6.45, 7) is 10.1. The maximum atomic E-state index is 3.41. The van der Waals surface area contributed by atoms with Gasteiger partial charge in [0.1, 0.15) is 0 Å². The second-order valence-electron chi connectivity index (χ2n) is 4.85. The van der Waals surface area contributed by atoms with Crippen molar-refractivity contribution in [2.75, 3.05) is 52.4 Å². The van der Waals surface area contributed by atoms with E-state index in [0.29, 0.717) is 0 Å². The van der Waals surface area contributed by atoms with Crippen molar-refractivity contribution in [1.82, 2.24) is 15.1 Å². The quantitative estimate of drug-likeness (QED) is 0.849. The SMILES string of the molecule is C1CCCN(CCN2CCNCC2)CC1.Cl.Cl. The highest BCUT2D eigenvalue weighted by Gasteiger charge is 2.12. The van der Waals surface area contributed by atoms with Crippen LogP contribution in [0.15, 0.2) is 0 Å². The molecule has 17 heavy (non-hydrogen) atoms. The zero-order valence-corrected chi connectivity index (χ0v) is 12.3. The van der Waals surface area contributed by atoms with Crippen molar-refractivity contribution in [2.45, 2.75) is 25.7 Å². The average Bonchev–Trinajstić information content (AvgIpc) is 2.56. The summed E-state index contributed by atoms with van der Waals surface area (Å²) in [7, 11) is 0. The fourth-order valence-corrected chi connectivity index (χ4v) is 2.58. The summed E-state index contributed by atoms with van der Waals surface area (Å²) in [5.41, 5.74) is 0. The molecule has 2 aliphatic rings. The average molecular weight is 284 g/mol. The topological polar surface area (TPSA) is 18.5 Å². The first-order chi connectivity index (χ1) is 7.45. The lowest BCUT2D eigenvalue weighted by Crippen LogP contribution is -2.46. The van der Waals surface area contributed by atoms with Crippen molar-refractivity contribution in [2.24, 2.45) is 0 Å². The highest BCUT2D eigenvalue weighted by molar-refractivity contribution is 5.85. The molecule has 0 saturated carbocycles. The van der Waals surface area contributed by atoms with Gasteiger partial charge in [0.05, 0.1) is 0 Å². The lowest BCUT2D eigenvalue weighted by atomic mass is 10.2. The number of rotatable bonds is 3. The van der Waals surface area contributed by atoms with Gasteiger partial charge in [0.15, 0.2) is 0 Å². The molecular formula is C12H27Cl2N3. The zero-order chi connectivity index (χ0) is 10.3. The van der Waals surface area contributed by atoms with Crippen LogP contribution >= 0.6 is 24.8 Å². The highest BCUT2D eigenvalue weighted by atomic mass is 35.5. The summed E-state index contributed by atoms with van der Waals surface area (Å²) in [4.78, 5) is 5.26. The van der Waals surface area contributed by atoms with Crippen LogP contribution in [0.2, 0.25) is 0 Å². The number of likely N-dealkylation sites (tertiary alicyclic amines) is 1. The third-order valence-electron chi connectivity index (χ3n) is 3.64. The van der Waals surface area contributed by atoms with Crippen LogP contribution in [0.4, 0.5) is 0 Å². The summed E-state index contributed by atoms with van der Waals surface area (Å²) >= 11 is 0. The molecule has 2 heterocycles. The van der Waals surface area contributed by atoms with E-state index in [1.807, 2.05) is 0 Å². The minimum atomic E-state index is 0. The predicted molar refractivity (Wildman–Crippen MR) is 78.7 cm³/mol. The summed E-state index contributed by atoms with van der Waals surface area (Å²) in [5, 5.41) is 3.41. The summed E-state index contributed by atoms with van der Waals surface area (Å²) in [5.74, 6) is 0. The van der Waals surface area contributed by atoms with Crippen LogP contribution in [0.5, 0.6) is 0 Å². The molecule has 0 bridgehead atoms. The van der Waals surface area contributed by atoms with E-state index in [9.17, 15) is 0 Å². The summed E-state index contributed by atoms with van der Waals surface area (Å²) in [6, 6.07) is 0. The first-order valence-electron chi connectivity index (χ1n) is 6.60. The number of nitrogens with zero attached hydrogens (tertiary/aromatic N) is 2. The van der Waals surface area contributed by atoms with Gasteiger partial charge in [0, 0.05) is 39.3 Å². The van der Waals surface area contributed by atoms with Crippen LogP contribution in [0.1, 0.15) is 25.7 Å². The highest BCUT2D eigenvalue weighted by Crippen LogP contribution is 2.09. The van der Waals surface area contributed by atoms with Crippen LogP contribution < -0.4 is 5.32 Å². The first-order valence-corrected chi connectivity index (χ1v) is 6.60. The minimum absolute atomic E-state index is 0. The lowest BCUT2D eigenvalue weighted by Gasteiger charge is -2.29. The molecule has 0 unspecified atom stereocenters. The maximum absolute atomic E-state index is 3.41. The van der Waals surface area contributed by atoms with E-state index < -0.39 is 0 Å². The number of hydrogen-bond donors (Lipinski definition) is 1. The number of hydrogen-bond acceptors (Lipinski definition) is 3. The fraction of sp³-hybridized carbons (Fsp3) is 1.00. The van der Waals surface area contributed by atoms with Crippen LogP contribution in [0.3, 0.4) is 0 Å². The van der Waals surface area contributed by atoms with Crippen molar-refractivity contribution in [3.63, 3.8) is 0 Å². The Labute approximate surface area is 118 Å². The number of halogens is 2.